The van der Waals surface area contributed by atoms with Crippen molar-refractivity contribution in [3.63, 3.8) is 0 Å². The van der Waals surface area contributed by atoms with Crippen molar-refractivity contribution < 1.29 is 4.79 Å². The molecule has 0 aliphatic carbocycles. The van der Waals surface area contributed by atoms with E-state index in [1.807, 2.05) is 48.1 Å². The summed E-state index contributed by atoms with van der Waals surface area (Å²) in [5, 5.41) is 7.90. The monoisotopic (exact) mass is 352 g/mol. The van der Waals surface area contributed by atoms with Gasteiger partial charge in [-0.3, -0.25) is 9.48 Å². The maximum atomic E-state index is 12.3. The molecule has 1 aliphatic rings. The van der Waals surface area contributed by atoms with Gasteiger partial charge in [-0.05, 0) is 19.4 Å². The van der Waals surface area contributed by atoms with Crippen LogP contribution in [0.4, 0.5) is 0 Å². The van der Waals surface area contributed by atoms with Gasteiger partial charge in [0.25, 0.3) is 0 Å². The van der Waals surface area contributed by atoms with Crippen molar-refractivity contribution >= 4 is 12.0 Å². The molecule has 1 N–H and O–H groups in total. The first-order valence-electron chi connectivity index (χ1n) is 9.14. The highest BCUT2D eigenvalue weighted by atomic mass is 16.2. The van der Waals surface area contributed by atoms with E-state index in [9.17, 15) is 4.79 Å². The van der Waals surface area contributed by atoms with Crippen LogP contribution < -0.4 is 5.32 Å². The van der Waals surface area contributed by atoms with Gasteiger partial charge >= 0.3 is 0 Å². The first kappa shape index (κ1) is 18.4. The zero-order valence-electron chi connectivity index (χ0n) is 16.1. The van der Waals surface area contributed by atoms with Crippen LogP contribution in [0.2, 0.25) is 0 Å². The number of likely N-dealkylation sites (tertiary alicyclic amines) is 1. The van der Waals surface area contributed by atoms with Crippen LogP contribution in [0.25, 0.3) is 6.08 Å². The second-order valence-corrected chi connectivity index (χ2v) is 7.25. The number of benzene rings is 1. The van der Waals surface area contributed by atoms with Gasteiger partial charge in [-0.2, -0.15) is 5.10 Å². The van der Waals surface area contributed by atoms with Gasteiger partial charge in [0.2, 0.25) is 5.91 Å². The minimum absolute atomic E-state index is 0.0992. The fraction of sp³-hybridized carbons (Fsp3) is 0.429. The van der Waals surface area contributed by atoms with Crippen molar-refractivity contribution in [2.24, 2.45) is 13.0 Å². The van der Waals surface area contributed by atoms with Crippen LogP contribution in [0.5, 0.6) is 0 Å². The van der Waals surface area contributed by atoms with E-state index < -0.39 is 0 Å². The van der Waals surface area contributed by atoms with Crippen LogP contribution in [-0.4, -0.2) is 40.7 Å². The van der Waals surface area contributed by atoms with Crippen molar-refractivity contribution in [1.29, 1.82) is 0 Å². The number of aryl methyl sites for hydroxylation is 1. The topological polar surface area (TPSA) is 50.2 Å². The fourth-order valence-electron chi connectivity index (χ4n) is 3.74. The number of amides is 1. The molecule has 1 aromatic heterocycles. The van der Waals surface area contributed by atoms with Gasteiger partial charge in [0.1, 0.15) is 0 Å². The molecular weight excluding hydrogens is 324 g/mol. The van der Waals surface area contributed by atoms with Gasteiger partial charge in [0, 0.05) is 50.8 Å². The Morgan fingerprint density at radius 2 is 2.04 bits per heavy atom. The van der Waals surface area contributed by atoms with Crippen molar-refractivity contribution in [2.45, 2.75) is 26.3 Å². The Bertz CT molecular complexity index is 794. The lowest BCUT2D eigenvalue weighted by atomic mass is 9.94. The van der Waals surface area contributed by atoms with E-state index in [1.165, 1.54) is 11.1 Å². The van der Waals surface area contributed by atoms with Crippen LogP contribution >= 0.6 is 0 Å². The molecule has 0 saturated carbocycles. The summed E-state index contributed by atoms with van der Waals surface area (Å²) in [6.07, 6.45) is 4.69. The molecule has 2 aromatic rings. The number of rotatable bonds is 6. The predicted octanol–water partition coefficient (Wildman–Crippen LogP) is 2.94. The summed E-state index contributed by atoms with van der Waals surface area (Å²) in [5.41, 5.74) is 4.78. The molecule has 0 unspecified atom stereocenters. The SMILES string of the molecule is C/C(=C\c1ccccc1)CNC[C@@H]1CC(=O)N(C)[C@H]1c1cnn(C)c1C. The van der Waals surface area contributed by atoms with E-state index in [0.29, 0.717) is 6.42 Å². The molecule has 138 valence electrons. The number of aromatic nitrogens is 2. The Labute approximate surface area is 155 Å². The third kappa shape index (κ3) is 3.88. The zero-order chi connectivity index (χ0) is 18.7. The normalized spacial score (nSPS) is 20.8. The minimum Gasteiger partial charge on any atom is -0.338 e. The standard InChI is InChI=1S/C21H28N4O/c1-15(10-17-8-6-5-7-9-17)12-22-13-18-11-20(26)24(3)21(18)19-14-23-25(4)16(19)2/h5-10,14,18,21-22H,11-13H2,1-4H3/b15-10+/t18-,21+/m0/s1. The molecule has 1 aromatic carbocycles. The number of carbonyl (C=O) groups excluding carboxylic acids is 1. The number of carbonyl (C=O) groups is 1. The average molecular weight is 352 g/mol. The number of hydrogen-bond acceptors (Lipinski definition) is 3. The molecule has 26 heavy (non-hydrogen) atoms. The van der Waals surface area contributed by atoms with E-state index in [-0.39, 0.29) is 17.9 Å². The largest absolute Gasteiger partial charge is 0.338 e. The highest BCUT2D eigenvalue weighted by Crippen LogP contribution is 2.37. The van der Waals surface area contributed by atoms with Gasteiger partial charge in [-0.15, -0.1) is 0 Å². The molecule has 2 heterocycles. The Balaban J connectivity index is 1.64. The summed E-state index contributed by atoms with van der Waals surface area (Å²) >= 11 is 0. The van der Waals surface area contributed by atoms with E-state index in [4.69, 9.17) is 0 Å². The second kappa shape index (κ2) is 7.87. The average Bonchev–Trinajstić information content (AvgIpc) is 3.08. The molecule has 0 spiro atoms. The van der Waals surface area contributed by atoms with Gasteiger partial charge in [0.05, 0.1) is 12.2 Å². The Morgan fingerprint density at radius 1 is 1.31 bits per heavy atom. The molecule has 0 bridgehead atoms. The molecule has 2 atom stereocenters. The van der Waals surface area contributed by atoms with Gasteiger partial charge < -0.3 is 10.2 Å². The van der Waals surface area contributed by atoms with Gasteiger partial charge in [-0.25, -0.2) is 0 Å². The highest BCUT2D eigenvalue weighted by molar-refractivity contribution is 5.79. The number of nitrogens with zero attached hydrogens (tertiary/aromatic N) is 3. The molecule has 3 rings (SSSR count). The fourth-order valence-corrected chi connectivity index (χ4v) is 3.74. The van der Waals surface area contributed by atoms with Crippen LogP contribution in [0.15, 0.2) is 42.1 Å². The lowest BCUT2D eigenvalue weighted by Gasteiger charge is -2.25. The van der Waals surface area contributed by atoms with Crippen LogP contribution in [0, 0.1) is 12.8 Å². The van der Waals surface area contributed by atoms with Crippen molar-refractivity contribution in [1.82, 2.24) is 20.0 Å². The van der Waals surface area contributed by atoms with Crippen LogP contribution in [0.1, 0.15) is 36.2 Å². The number of hydrogen-bond donors (Lipinski definition) is 1. The lowest BCUT2D eigenvalue weighted by Crippen LogP contribution is -2.30. The first-order valence-corrected chi connectivity index (χ1v) is 9.14. The molecule has 1 fully saturated rings. The van der Waals surface area contributed by atoms with Crippen molar-refractivity contribution in [3.8, 4) is 0 Å². The summed E-state index contributed by atoms with van der Waals surface area (Å²) < 4.78 is 1.88. The molecule has 5 heteroatoms. The minimum atomic E-state index is 0.0992. The van der Waals surface area contributed by atoms with E-state index in [0.717, 1.165) is 24.3 Å². The molecule has 1 aliphatic heterocycles. The van der Waals surface area contributed by atoms with E-state index in [2.05, 4.69) is 42.5 Å². The first-order chi connectivity index (χ1) is 12.5. The highest BCUT2D eigenvalue weighted by Gasteiger charge is 2.39. The Hall–Kier alpha value is -2.40. The molecule has 1 saturated heterocycles. The van der Waals surface area contributed by atoms with E-state index >= 15 is 0 Å². The van der Waals surface area contributed by atoms with Crippen molar-refractivity contribution in [2.75, 3.05) is 20.1 Å². The predicted molar refractivity (Wildman–Crippen MR) is 105 cm³/mol. The quantitative estimate of drug-likeness (QED) is 0.870. The molecule has 0 radical (unpaired) electrons. The summed E-state index contributed by atoms with van der Waals surface area (Å²) in [6.45, 7) is 5.84. The summed E-state index contributed by atoms with van der Waals surface area (Å²) in [4.78, 5) is 14.2. The third-order valence-corrected chi connectivity index (χ3v) is 5.31. The van der Waals surface area contributed by atoms with Crippen LogP contribution in [0.3, 0.4) is 0 Å². The van der Waals surface area contributed by atoms with Crippen molar-refractivity contribution in [3.05, 3.63) is 58.9 Å². The Morgan fingerprint density at radius 3 is 2.69 bits per heavy atom. The third-order valence-electron chi connectivity index (χ3n) is 5.31. The smallest absolute Gasteiger partial charge is 0.223 e. The van der Waals surface area contributed by atoms with E-state index in [1.54, 1.807) is 0 Å². The Kier molecular flexibility index (Phi) is 5.57. The maximum absolute atomic E-state index is 12.3. The number of nitrogens with one attached hydrogen (secondary N) is 1. The van der Waals surface area contributed by atoms with Crippen LogP contribution in [-0.2, 0) is 11.8 Å². The summed E-state index contributed by atoms with van der Waals surface area (Å²) in [6, 6.07) is 10.4. The van der Waals surface area contributed by atoms with Gasteiger partial charge in [-0.1, -0.05) is 42.0 Å². The molecular formula is C21H28N4O. The molecule has 5 nitrogen and oxygen atoms in total. The summed E-state index contributed by atoms with van der Waals surface area (Å²) in [5.74, 6) is 0.474. The van der Waals surface area contributed by atoms with Gasteiger partial charge in [0.15, 0.2) is 0 Å². The summed E-state index contributed by atoms with van der Waals surface area (Å²) in [7, 11) is 3.85. The zero-order valence-corrected chi connectivity index (χ0v) is 16.1. The lowest BCUT2D eigenvalue weighted by molar-refractivity contribution is -0.127. The molecule has 1 amide bonds. The second-order valence-electron chi connectivity index (χ2n) is 7.25. The maximum Gasteiger partial charge on any atom is 0.223 e.